The zero-order valence-electron chi connectivity index (χ0n) is 13.0. The van der Waals surface area contributed by atoms with Crippen LogP contribution in [0, 0.1) is 0 Å². The summed E-state index contributed by atoms with van der Waals surface area (Å²) in [6.07, 6.45) is 0. The summed E-state index contributed by atoms with van der Waals surface area (Å²) in [6.45, 7) is 3.37. The van der Waals surface area contributed by atoms with Gasteiger partial charge in [-0.3, -0.25) is 0 Å². The molecular formula is C18H20O4. The molecule has 0 heterocycles. The van der Waals surface area contributed by atoms with E-state index in [0.717, 1.165) is 16.9 Å². The van der Waals surface area contributed by atoms with Gasteiger partial charge in [-0.25, -0.2) is 4.79 Å². The van der Waals surface area contributed by atoms with Gasteiger partial charge in [0.15, 0.2) is 5.60 Å². The Hall–Kier alpha value is -2.33. The maximum absolute atomic E-state index is 11.8. The van der Waals surface area contributed by atoms with E-state index in [2.05, 4.69) is 0 Å². The molecule has 0 saturated carbocycles. The summed E-state index contributed by atoms with van der Waals surface area (Å²) < 4.78 is 10.2. The normalized spacial score (nSPS) is 13.3. The number of para-hydroxylation sites is 1. The van der Waals surface area contributed by atoms with Gasteiger partial charge in [-0.2, -0.15) is 0 Å². The maximum Gasteiger partial charge on any atom is 0.342 e. The van der Waals surface area contributed by atoms with Crippen LogP contribution in [-0.4, -0.2) is 24.8 Å². The molecule has 0 aliphatic carbocycles. The Balaban J connectivity index is 2.33. The molecule has 1 N–H and O–H groups in total. The second kappa shape index (κ2) is 6.62. The number of benzene rings is 2. The highest BCUT2D eigenvalue weighted by molar-refractivity contribution is 5.81. The van der Waals surface area contributed by atoms with Gasteiger partial charge in [-0.05, 0) is 31.0 Å². The fourth-order valence-corrected chi connectivity index (χ4v) is 2.25. The lowest BCUT2D eigenvalue weighted by Crippen LogP contribution is -2.34. The Kier molecular flexibility index (Phi) is 4.83. The van der Waals surface area contributed by atoms with Gasteiger partial charge in [0, 0.05) is 5.56 Å². The van der Waals surface area contributed by atoms with E-state index in [9.17, 15) is 9.90 Å². The standard InChI is InChI=1S/C18H20O4/c1-4-22-17(19)18(2,20)14-11-9-13(10-12-14)15-7-5-6-8-16(15)21-3/h5-12,20H,4H2,1-3H3. The highest BCUT2D eigenvalue weighted by Gasteiger charge is 2.33. The molecule has 0 spiro atoms. The average Bonchev–Trinajstić information content (AvgIpc) is 2.55. The van der Waals surface area contributed by atoms with Crippen LogP contribution in [0.4, 0.5) is 0 Å². The molecule has 0 radical (unpaired) electrons. The van der Waals surface area contributed by atoms with Gasteiger partial charge in [-0.15, -0.1) is 0 Å². The van der Waals surface area contributed by atoms with Crippen LogP contribution in [0.1, 0.15) is 19.4 Å². The second-order valence-electron chi connectivity index (χ2n) is 5.07. The molecule has 2 aromatic rings. The number of aliphatic hydroxyl groups is 1. The molecule has 2 rings (SSSR count). The van der Waals surface area contributed by atoms with E-state index in [1.807, 2.05) is 36.4 Å². The minimum atomic E-state index is -1.66. The van der Waals surface area contributed by atoms with Crippen LogP contribution in [0.15, 0.2) is 48.5 Å². The zero-order chi connectivity index (χ0) is 16.2. The Morgan fingerprint density at radius 3 is 2.36 bits per heavy atom. The molecule has 0 aromatic heterocycles. The minimum Gasteiger partial charge on any atom is -0.496 e. The van der Waals surface area contributed by atoms with Crippen molar-refractivity contribution in [2.45, 2.75) is 19.4 Å². The van der Waals surface area contributed by atoms with Crippen molar-refractivity contribution < 1.29 is 19.4 Å². The lowest BCUT2D eigenvalue weighted by Gasteiger charge is -2.21. The number of esters is 1. The molecule has 116 valence electrons. The summed E-state index contributed by atoms with van der Waals surface area (Å²) in [7, 11) is 1.62. The second-order valence-corrected chi connectivity index (χ2v) is 5.07. The third-order valence-corrected chi connectivity index (χ3v) is 3.54. The summed E-state index contributed by atoms with van der Waals surface area (Å²) >= 11 is 0. The molecule has 0 saturated heterocycles. The highest BCUT2D eigenvalue weighted by Crippen LogP contribution is 2.31. The third-order valence-electron chi connectivity index (χ3n) is 3.54. The molecule has 0 aliphatic rings. The van der Waals surface area contributed by atoms with E-state index in [4.69, 9.17) is 9.47 Å². The van der Waals surface area contributed by atoms with Crippen LogP contribution in [0.3, 0.4) is 0 Å². The van der Waals surface area contributed by atoms with Crippen molar-refractivity contribution in [3.8, 4) is 16.9 Å². The van der Waals surface area contributed by atoms with Crippen LogP contribution in [-0.2, 0) is 15.1 Å². The van der Waals surface area contributed by atoms with Gasteiger partial charge in [-0.1, -0.05) is 42.5 Å². The quantitative estimate of drug-likeness (QED) is 0.862. The van der Waals surface area contributed by atoms with Crippen molar-refractivity contribution in [2.24, 2.45) is 0 Å². The number of ether oxygens (including phenoxy) is 2. The van der Waals surface area contributed by atoms with Crippen molar-refractivity contribution in [3.05, 3.63) is 54.1 Å². The number of hydrogen-bond donors (Lipinski definition) is 1. The van der Waals surface area contributed by atoms with E-state index < -0.39 is 11.6 Å². The molecule has 1 atom stereocenters. The molecule has 2 aromatic carbocycles. The predicted octanol–water partition coefficient (Wildman–Crippen LogP) is 3.13. The third kappa shape index (κ3) is 3.12. The van der Waals surface area contributed by atoms with Crippen molar-refractivity contribution in [3.63, 3.8) is 0 Å². The molecule has 4 heteroatoms. The summed E-state index contributed by atoms with van der Waals surface area (Å²) in [5, 5.41) is 10.3. The first kappa shape index (κ1) is 16.0. The highest BCUT2D eigenvalue weighted by atomic mass is 16.5. The number of carbonyl (C=O) groups is 1. The van der Waals surface area contributed by atoms with Crippen LogP contribution < -0.4 is 4.74 Å². The summed E-state index contributed by atoms with van der Waals surface area (Å²) in [6, 6.07) is 14.8. The van der Waals surface area contributed by atoms with Crippen LogP contribution in [0.25, 0.3) is 11.1 Å². The first-order valence-electron chi connectivity index (χ1n) is 7.14. The van der Waals surface area contributed by atoms with Crippen LogP contribution in [0.5, 0.6) is 5.75 Å². The SMILES string of the molecule is CCOC(=O)C(C)(O)c1ccc(-c2ccccc2OC)cc1. The largest absolute Gasteiger partial charge is 0.496 e. The summed E-state index contributed by atoms with van der Waals surface area (Å²) in [5.74, 6) is 0.118. The summed E-state index contributed by atoms with van der Waals surface area (Å²) in [5.41, 5.74) is 0.729. The number of carbonyl (C=O) groups excluding carboxylic acids is 1. The Bertz CT molecular complexity index is 644. The Morgan fingerprint density at radius 2 is 1.77 bits per heavy atom. The van der Waals surface area contributed by atoms with Crippen LogP contribution >= 0.6 is 0 Å². The van der Waals surface area contributed by atoms with Crippen molar-refractivity contribution >= 4 is 5.97 Å². The lowest BCUT2D eigenvalue weighted by molar-refractivity contribution is -0.164. The fraction of sp³-hybridized carbons (Fsp3) is 0.278. The monoisotopic (exact) mass is 300 g/mol. The smallest absolute Gasteiger partial charge is 0.342 e. The lowest BCUT2D eigenvalue weighted by atomic mass is 9.93. The fourth-order valence-electron chi connectivity index (χ4n) is 2.25. The van der Waals surface area contributed by atoms with Gasteiger partial charge in [0.1, 0.15) is 5.75 Å². The molecule has 0 amide bonds. The molecular weight excluding hydrogens is 280 g/mol. The first-order chi connectivity index (χ1) is 10.5. The maximum atomic E-state index is 11.8. The summed E-state index contributed by atoms with van der Waals surface area (Å²) in [4.78, 5) is 11.8. The molecule has 4 nitrogen and oxygen atoms in total. The van der Waals surface area contributed by atoms with Crippen molar-refractivity contribution in [2.75, 3.05) is 13.7 Å². The molecule has 0 bridgehead atoms. The molecule has 22 heavy (non-hydrogen) atoms. The van der Waals surface area contributed by atoms with Gasteiger partial charge in [0.25, 0.3) is 0 Å². The van der Waals surface area contributed by atoms with Crippen LogP contribution in [0.2, 0.25) is 0 Å². The molecule has 0 aliphatic heterocycles. The van der Waals surface area contributed by atoms with E-state index in [0.29, 0.717) is 5.56 Å². The first-order valence-corrected chi connectivity index (χ1v) is 7.14. The van der Waals surface area contributed by atoms with Crippen molar-refractivity contribution in [1.82, 2.24) is 0 Å². The predicted molar refractivity (Wildman–Crippen MR) is 84.6 cm³/mol. The topological polar surface area (TPSA) is 55.8 Å². The van der Waals surface area contributed by atoms with Gasteiger partial charge in [0.2, 0.25) is 0 Å². The van der Waals surface area contributed by atoms with E-state index >= 15 is 0 Å². The van der Waals surface area contributed by atoms with E-state index in [1.54, 1.807) is 26.2 Å². The minimum absolute atomic E-state index is 0.230. The van der Waals surface area contributed by atoms with Crippen molar-refractivity contribution in [1.29, 1.82) is 0 Å². The number of rotatable bonds is 5. The molecule has 0 fully saturated rings. The zero-order valence-corrected chi connectivity index (χ0v) is 13.0. The van der Waals surface area contributed by atoms with Gasteiger partial charge >= 0.3 is 5.97 Å². The number of methoxy groups -OCH3 is 1. The van der Waals surface area contributed by atoms with Gasteiger partial charge < -0.3 is 14.6 Å². The average molecular weight is 300 g/mol. The van der Waals surface area contributed by atoms with Gasteiger partial charge in [0.05, 0.1) is 13.7 Å². The Labute approximate surface area is 130 Å². The number of hydrogen-bond acceptors (Lipinski definition) is 4. The molecule has 1 unspecified atom stereocenters. The van der Waals surface area contributed by atoms with E-state index in [1.165, 1.54) is 6.92 Å². The van der Waals surface area contributed by atoms with E-state index in [-0.39, 0.29) is 6.61 Å². The Morgan fingerprint density at radius 1 is 1.14 bits per heavy atom.